The van der Waals surface area contributed by atoms with Crippen molar-refractivity contribution in [1.82, 2.24) is 4.98 Å². The predicted molar refractivity (Wildman–Crippen MR) is 82.0 cm³/mol. The maximum atomic E-state index is 5.97. The maximum absolute atomic E-state index is 5.97. The molecule has 0 aliphatic carbocycles. The fraction of sp³-hybridized carbons (Fsp3) is 0.188. The van der Waals surface area contributed by atoms with E-state index in [2.05, 4.69) is 18.8 Å². The molecule has 0 saturated heterocycles. The van der Waals surface area contributed by atoms with Crippen LogP contribution in [0.5, 0.6) is 0 Å². The number of hydrogen-bond acceptors (Lipinski definition) is 3. The summed E-state index contributed by atoms with van der Waals surface area (Å²) >= 11 is 5.97. The number of halogens is 1. The highest BCUT2D eigenvalue weighted by Gasteiger charge is 2.29. The van der Waals surface area contributed by atoms with Crippen molar-refractivity contribution in [3.8, 4) is 0 Å². The molecule has 4 heteroatoms. The Morgan fingerprint density at radius 3 is 2.50 bits per heavy atom. The van der Waals surface area contributed by atoms with Gasteiger partial charge >= 0.3 is 0 Å². The Balaban J connectivity index is 2.10. The van der Waals surface area contributed by atoms with E-state index in [9.17, 15) is 0 Å². The summed E-state index contributed by atoms with van der Waals surface area (Å²) in [6.07, 6.45) is 0. The van der Waals surface area contributed by atoms with Gasteiger partial charge in [0.2, 0.25) is 5.89 Å². The summed E-state index contributed by atoms with van der Waals surface area (Å²) in [6, 6.07) is 13.2. The fourth-order valence-electron chi connectivity index (χ4n) is 2.19. The average Bonchev–Trinajstić information content (AvgIpc) is 2.83. The third kappa shape index (κ3) is 2.14. The second kappa shape index (κ2) is 4.53. The lowest BCUT2D eigenvalue weighted by Crippen LogP contribution is -2.19. The molecule has 0 unspecified atom stereocenters. The first-order valence-electron chi connectivity index (χ1n) is 6.39. The number of hydrogen-bond donors (Lipinski definition) is 1. The molecule has 0 amide bonds. The van der Waals surface area contributed by atoms with Gasteiger partial charge in [0, 0.05) is 16.8 Å². The minimum absolute atomic E-state index is 0.334. The second-order valence-electron chi connectivity index (χ2n) is 5.38. The molecule has 2 aromatic carbocycles. The number of nitrogens with two attached hydrogens (primary N) is 1. The summed E-state index contributed by atoms with van der Waals surface area (Å²) in [7, 11) is 0. The second-order valence-corrected chi connectivity index (χ2v) is 5.81. The minimum atomic E-state index is -0.334. The molecule has 3 aromatic rings. The zero-order chi connectivity index (χ0) is 14.3. The molecule has 0 saturated carbocycles. The van der Waals surface area contributed by atoms with Crippen LogP contribution in [0.25, 0.3) is 11.1 Å². The molecule has 3 nitrogen and oxygen atoms in total. The summed E-state index contributed by atoms with van der Waals surface area (Å²) in [5, 5.41) is 0.644. The number of oxazole rings is 1. The van der Waals surface area contributed by atoms with Crippen molar-refractivity contribution in [1.29, 1.82) is 0 Å². The zero-order valence-electron chi connectivity index (χ0n) is 11.4. The lowest BCUT2D eigenvalue weighted by atomic mass is 9.84. The van der Waals surface area contributed by atoms with Crippen molar-refractivity contribution < 1.29 is 4.42 Å². The van der Waals surface area contributed by atoms with Crippen LogP contribution in [-0.4, -0.2) is 4.98 Å². The van der Waals surface area contributed by atoms with Gasteiger partial charge < -0.3 is 10.2 Å². The number of benzene rings is 2. The van der Waals surface area contributed by atoms with E-state index in [1.165, 1.54) is 0 Å². The third-order valence-corrected chi connectivity index (χ3v) is 3.75. The smallest absolute Gasteiger partial charge is 0.205 e. The van der Waals surface area contributed by atoms with Crippen LogP contribution in [-0.2, 0) is 5.41 Å². The van der Waals surface area contributed by atoms with Gasteiger partial charge in [-0.05, 0) is 43.7 Å². The average molecular weight is 287 g/mol. The quantitative estimate of drug-likeness (QED) is 0.711. The van der Waals surface area contributed by atoms with Gasteiger partial charge in [0.1, 0.15) is 5.52 Å². The number of aromatic nitrogens is 1. The largest absolute Gasteiger partial charge is 0.440 e. The van der Waals surface area contributed by atoms with Crippen molar-refractivity contribution in [2.75, 3.05) is 5.73 Å². The van der Waals surface area contributed by atoms with Crippen LogP contribution in [0, 0.1) is 0 Å². The molecular formula is C16H15ClN2O. The molecule has 0 atom stereocenters. The Kier molecular flexibility index (Phi) is 2.94. The lowest BCUT2D eigenvalue weighted by Gasteiger charge is -2.21. The monoisotopic (exact) mass is 286 g/mol. The lowest BCUT2D eigenvalue weighted by molar-refractivity contribution is 0.433. The van der Waals surface area contributed by atoms with E-state index in [4.69, 9.17) is 21.8 Å². The van der Waals surface area contributed by atoms with Gasteiger partial charge in [0.25, 0.3) is 0 Å². The summed E-state index contributed by atoms with van der Waals surface area (Å²) in [5.41, 5.74) is 8.76. The van der Waals surface area contributed by atoms with Gasteiger partial charge in [0.15, 0.2) is 5.58 Å². The molecule has 2 N–H and O–H groups in total. The van der Waals surface area contributed by atoms with Crippen molar-refractivity contribution in [3.63, 3.8) is 0 Å². The normalized spacial score (nSPS) is 11.9. The van der Waals surface area contributed by atoms with Gasteiger partial charge in [-0.25, -0.2) is 4.98 Å². The molecule has 102 valence electrons. The standard InChI is InChI=1S/C16H15ClN2O/c1-16(2,10-3-6-12(18)7-4-10)15-19-13-8-5-11(17)9-14(13)20-15/h3-9H,18H2,1-2H3. The van der Waals surface area contributed by atoms with Crippen LogP contribution in [0.15, 0.2) is 46.9 Å². The highest BCUT2D eigenvalue weighted by molar-refractivity contribution is 6.31. The SMILES string of the molecule is CC(C)(c1ccc(N)cc1)c1nc2ccc(Cl)cc2o1. The van der Waals surface area contributed by atoms with Crippen molar-refractivity contribution in [2.24, 2.45) is 0 Å². The van der Waals surface area contributed by atoms with Gasteiger partial charge in [-0.15, -0.1) is 0 Å². The zero-order valence-corrected chi connectivity index (χ0v) is 12.1. The van der Waals surface area contributed by atoms with E-state index in [1.54, 1.807) is 6.07 Å². The Bertz CT molecular complexity index is 760. The third-order valence-electron chi connectivity index (χ3n) is 3.52. The van der Waals surface area contributed by atoms with Crippen LogP contribution in [0.4, 0.5) is 5.69 Å². The van der Waals surface area contributed by atoms with E-state index in [0.717, 1.165) is 16.8 Å². The maximum Gasteiger partial charge on any atom is 0.205 e. The molecule has 1 aromatic heterocycles. The first-order valence-corrected chi connectivity index (χ1v) is 6.77. The first-order chi connectivity index (χ1) is 9.46. The van der Waals surface area contributed by atoms with E-state index in [-0.39, 0.29) is 5.41 Å². The Labute approximate surface area is 122 Å². The molecule has 0 fully saturated rings. The number of nitrogen functional groups attached to an aromatic ring is 1. The summed E-state index contributed by atoms with van der Waals surface area (Å²) in [5.74, 6) is 0.666. The van der Waals surface area contributed by atoms with Gasteiger partial charge in [-0.1, -0.05) is 23.7 Å². The molecule has 0 bridgehead atoms. The van der Waals surface area contributed by atoms with Gasteiger partial charge in [-0.2, -0.15) is 0 Å². The first kappa shape index (κ1) is 13.0. The van der Waals surface area contributed by atoms with Crippen LogP contribution < -0.4 is 5.73 Å². The van der Waals surface area contributed by atoms with E-state index >= 15 is 0 Å². The van der Waals surface area contributed by atoms with Crippen molar-refractivity contribution >= 4 is 28.4 Å². The Morgan fingerprint density at radius 1 is 1.10 bits per heavy atom. The molecule has 1 heterocycles. The number of anilines is 1. The number of fused-ring (bicyclic) bond motifs is 1. The van der Waals surface area contributed by atoms with Crippen molar-refractivity contribution in [2.45, 2.75) is 19.3 Å². The van der Waals surface area contributed by atoms with Gasteiger partial charge in [-0.3, -0.25) is 0 Å². The summed E-state index contributed by atoms with van der Waals surface area (Å²) in [6.45, 7) is 4.15. The molecular weight excluding hydrogens is 272 g/mol. The molecule has 20 heavy (non-hydrogen) atoms. The molecule has 0 radical (unpaired) electrons. The molecule has 0 aliphatic rings. The molecule has 3 rings (SSSR count). The Hall–Kier alpha value is -2.00. The summed E-state index contributed by atoms with van der Waals surface area (Å²) in [4.78, 5) is 4.57. The number of rotatable bonds is 2. The van der Waals surface area contributed by atoms with Gasteiger partial charge in [0.05, 0.1) is 5.41 Å². The highest BCUT2D eigenvalue weighted by Crippen LogP contribution is 2.33. The summed E-state index contributed by atoms with van der Waals surface area (Å²) < 4.78 is 5.87. The van der Waals surface area contributed by atoms with E-state index in [1.807, 2.05) is 36.4 Å². The Morgan fingerprint density at radius 2 is 1.80 bits per heavy atom. The van der Waals surface area contributed by atoms with Crippen LogP contribution in [0.2, 0.25) is 5.02 Å². The topological polar surface area (TPSA) is 52.0 Å². The fourth-order valence-corrected chi connectivity index (χ4v) is 2.35. The van der Waals surface area contributed by atoms with Crippen LogP contribution >= 0.6 is 11.6 Å². The molecule has 0 spiro atoms. The van der Waals surface area contributed by atoms with Crippen LogP contribution in [0.1, 0.15) is 25.3 Å². The predicted octanol–water partition coefficient (Wildman–Crippen LogP) is 4.39. The van der Waals surface area contributed by atoms with E-state index in [0.29, 0.717) is 16.5 Å². The minimum Gasteiger partial charge on any atom is -0.440 e. The number of nitrogens with zero attached hydrogens (tertiary/aromatic N) is 1. The molecule has 0 aliphatic heterocycles. The highest BCUT2D eigenvalue weighted by atomic mass is 35.5. The van der Waals surface area contributed by atoms with Crippen LogP contribution in [0.3, 0.4) is 0 Å². The van der Waals surface area contributed by atoms with Crippen molar-refractivity contribution in [3.05, 3.63) is 58.9 Å². The van der Waals surface area contributed by atoms with E-state index < -0.39 is 0 Å².